The molecule has 0 aliphatic carbocycles. The molecule has 0 spiro atoms. The van der Waals surface area contributed by atoms with E-state index in [1.54, 1.807) is 6.08 Å². The van der Waals surface area contributed by atoms with Crippen LogP contribution in [0.15, 0.2) is 60.8 Å². The highest BCUT2D eigenvalue weighted by molar-refractivity contribution is 7.45. The summed E-state index contributed by atoms with van der Waals surface area (Å²) in [7, 11) is 1.23. The van der Waals surface area contributed by atoms with Gasteiger partial charge in [0.1, 0.15) is 13.2 Å². The average Bonchev–Trinajstić information content (AvgIpc) is 3.33. The Hall–Kier alpha value is -1.80. The van der Waals surface area contributed by atoms with Gasteiger partial charge in [0.25, 0.3) is 7.82 Å². The van der Waals surface area contributed by atoms with Crippen LogP contribution in [-0.2, 0) is 18.4 Å². The molecule has 0 heterocycles. The third kappa shape index (κ3) is 55.8. The topological polar surface area (TPSA) is 108 Å². The van der Waals surface area contributed by atoms with E-state index in [4.69, 9.17) is 9.05 Å². The molecule has 0 aromatic carbocycles. The molecule has 3 unspecified atom stereocenters. The highest BCUT2D eigenvalue weighted by Gasteiger charge is 2.23. The van der Waals surface area contributed by atoms with Crippen LogP contribution >= 0.6 is 7.82 Å². The van der Waals surface area contributed by atoms with Gasteiger partial charge in [0, 0.05) is 6.42 Å². The van der Waals surface area contributed by atoms with E-state index in [1.807, 2.05) is 27.2 Å². The number of amides is 1. The lowest BCUT2D eigenvalue weighted by Gasteiger charge is -2.29. The number of quaternary nitrogens is 1. The molecule has 1 amide bonds. The van der Waals surface area contributed by atoms with Crippen LogP contribution in [0.1, 0.15) is 277 Å². The van der Waals surface area contributed by atoms with Gasteiger partial charge in [0.05, 0.1) is 39.9 Å². The Labute approximate surface area is 441 Å². The van der Waals surface area contributed by atoms with Crippen molar-refractivity contribution in [3.8, 4) is 0 Å². The summed E-state index contributed by atoms with van der Waals surface area (Å²) in [4.78, 5) is 25.5. The van der Waals surface area contributed by atoms with Crippen molar-refractivity contribution in [1.29, 1.82) is 0 Å². The Morgan fingerprint density at radius 1 is 0.493 bits per heavy atom. The predicted octanol–water partition coefficient (Wildman–Crippen LogP) is 17.9. The number of rotatable bonds is 55. The van der Waals surface area contributed by atoms with Gasteiger partial charge in [-0.25, -0.2) is 0 Å². The zero-order valence-corrected chi connectivity index (χ0v) is 48.3. The molecule has 0 saturated heterocycles. The Morgan fingerprint density at radius 3 is 1.23 bits per heavy atom. The van der Waals surface area contributed by atoms with E-state index >= 15 is 0 Å². The molecular weight excluding hydrogens is 900 g/mol. The minimum absolute atomic E-state index is 0.0115. The molecule has 0 aliphatic heterocycles. The second kappa shape index (κ2) is 53.0. The van der Waals surface area contributed by atoms with E-state index in [0.717, 1.165) is 51.4 Å². The fraction of sp³-hybridized carbons (Fsp3) is 0.823. The molecule has 0 fully saturated rings. The molecule has 0 aromatic heterocycles. The standard InChI is InChI=1S/C62H117N2O6P/c1-6-8-10-12-14-16-18-20-22-24-26-28-29-30-31-32-33-34-36-37-39-41-43-45-47-49-51-53-55-61(65)60(59-70-71(67,68)69-58-57-64(3,4)5)63-62(66)56-54-52-50-48-46-44-42-40-38-35-27-25-23-21-19-17-15-13-11-9-7-2/h19,21,25,27,37,39,45,47,53,55,60-61,65H,6-18,20,22-24,26,28-36,38,40-44,46,48-52,54,56-59H2,1-5H3,(H-,63,66,67,68)/b21-19-,27-25-,39-37+,47-45+,55-53+. The molecular formula is C62H117N2O6P. The maximum absolute atomic E-state index is 13.0. The second-order valence-corrected chi connectivity index (χ2v) is 23.1. The zero-order chi connectivity index (χ0) is 52.0. The SMILES string of the molecule is CCCCCCC/C=C\C/C=C\CCCCCCCCCCCC(=O)NC(COP(=O)([O-])OCC[N+](C)(C)C)C(O)/C=C/CC/C=C/CC/C=C/CCCCCCCCCCCCCCCCCCCC. The fourth-order valence-electron chi connectivity index (χ4n) is 8.69. The lowest BCUT2D eigenvalue weighted by Crippen LogP contribution is -2.45. The van der Waals surface area contributed by atoms with Crippen molar-refractivity contribution in [2.24, 2.45) is 0 Å². The number of aliphatic hydroxyl groups excluding tert-OH is 1. The zero-order valence-electron chi connectivity index (χ0n) is 47.4. The van der Waals surface area contributed by atoms with Gasteiger partial charge in [-0.3, -0.25) is 9.36 Å². The monoisotopic (exact) mass is 1020 g/mol. The summed E-state index contributed by atoms with van der Waals surface area (Å²) >= 11 is 0. The molecule has 2 N–H and O–H groups in total. The molecule has 0 bridgehead atoms. The van der Waals surface area contributed by atoms with Gasteiger partial charge >= 0.3 is 0 Å². The third-order valence-corrected chi connectivity index (χ3v) is 14.4. The van der Waals surface area contributed by atoms with E-state index in [2.05, 4.69) is 67.8 Å². The van der Waals surface area contributed by atoms with E-state index in [0.29, 0.717) is 17.4 Å². The van der Waals surface area contributed by atoms with Gasteiger partial charge in [-0.2, -0.15) is 0 Å². The number of nitrogens with one attached hydrogen (secondary N) is 1. The highest BCUT2D eigenvalue weighted by Crippen LogP contribution is 2.38. The Bertz CT molecular complexity index is 1340. The first-order chi connectivity index (χ1) is 34.5. The quantitative estimate of drug-likeness (QED) is 0.0272. The summed E-state index contributed by atoms with van der Waals surface area (Å²) in [6.07, 6.45) is 71.7. The largest absolute Gasteiger partial charge is 0.756 e. The normalized spacial score (nSPS) is 14.3. The number of hydrogen-bond acceptors (Lipinski definition) is 6. The summed E-state index contributed by atoms with van der Waals surface area (Å²) < 4.78 is 23.3. The van der Waals surface area contributed by atoms with Crippen molar-refractivity contribution in [1.82, 2.24) is 5.32 Å². The summed E-state index contributed by atoms with van der Waals surface area (Å²) in [5.41, 5.74) is 0. The van der Waals surface area contributed by atoms with E-state index < -0.39 is 26.6 Å². The third-order valence-electron chi connectivity index (χ3n) is 13.4. The van der Waals surface area contributed by atoms with E-state index in [1.165, 1.54) is 205 Å². The number of nitrogens with zero attached hydrogens (tertiary/aromatic N) is 1. The lowest BCUT2D eigenvalue weighted by atomic mass is 10.0. The lowest BCUT2D eigenvalue weighted by molar-refractivity contribution is -0.870. The van der Waals surface area contributed by atoms with Gasteiger partial charge in [0.15, 0.2) is 0 Å². The fourth-order valence-corrected chi connectivity index (χ4v) is 9.41. The number of phosphoric ester groups is 1. The second-order valence-electron chi connectivity index (χ2n) is 21.7. The van der Waals surface area contributed by atoms with E-state index in [9.17, 15) is 19.4 Å². The molecule has 0 radical (unpaired) electrons. The van der Waals surface area contributed by atoms with Crippen molar-refractivity contribution in [3.05, 3.63) is 60.8 Å². The van der Waals surface area contributed by atoms with Gasteiger partial charge in [-0.15, -0.1) is 0 Å². The number of aliphatic hydroxyl groups is 1. The summed E-state index contributed by atoms with van der Waals surface area (Å²) in [5, 5.41) is 13.9. The van der Waals surface area contributed by atoms with Crippen LogP contribution in [0.5, 0.6) is 0 Å². The summed E-state index contributed by atoms with van der Waals surface area (Å²) in [5.74, 6) is -0.215. The first-order valence-electron chi connectivity index (χ1n) is 30.2. The van der Waals surface area contributed by atoms with Gasteiger partial charge in [-0.05, 0) is 77.0 Å². The van der Waals surface area contributed by atoms with Gasteiger partial charge < -0.3 is 28.8 Å². The Morgan fingerprint density at radius 2 is 0.831 bits per heavy atom. The smallest absolute Gasteiger partial charge is 0.268 e. The summed E-state index contributed by atoms with van der Waals surface area (Å²) in [6.45, 7) is 4.63. The Kier molecular flexibility index (Phi) is 51.7. The number of phosphoric acid groups is 1. The maximum atomic E-state index is 13.0. The number of allylic oxidation sites excluding steroid dienone is 9. The molecule has 0 aromatic rings. The number of carbonyl (C=O) groups is 1. The van der Waals surface area contributed by atoms with Crippen LogP contribution in [-0.4, -0.2) is 68.5 Å². The van der Waals surface area contributed by atoms with Crippen LogP contribution in [0.25, 0.3) is 0 Å². The maximum Gasteiger partial charge on any atom is 0.268 e. The average molecular weight is 1020 g/mol. The molecule has 71 heavy (non-hydrogen) atoms. The van der Waals surface area contributed by atoms with Crippen molar-refractivity contribution >= 4 is 13.7 Å². The predicted molar refractivity (Wildman–Crippen MR) is 307 cm³/mol. The van der Waals surface area contributed by atoms with Crippen LogP contribution in [0.3, 0.4) is 0 Å². The number of carbonyl (C=O) groups excluding carboxylic acids is 1. The van der Waals surface area contributed by atoms with Gasteiger partial charge in [-0.1, -0.05) is 254 Å². The van der Waals surface area contributed by atoms with Crippen LogP contribution in [0, 0.1) is 0 Å². The number of hydrogen-bond donors (Lipinski definition) is 2. The van der Waals surface area contributed by atoms with Crippen LogP contribution < -0.4 is 10.2 Å². The molecule has 8 nitrogen and oxygen atoms in total. The molecule has 0 aliphatic rings. The molecule has 9 heteroatoms. The van der Waals surface area contributed by atoms with Gasteiger partial charge in [0.2, 0.25) is 5.91 Å². The molecule has 416 valence electrons. The minimum Gasteiger partial charge on any atom is -0.756 e. The van der Waals surface area contributed by atoms with E-state index in [-0.39, 0.29) is 12.5 Å². The van der Waals surface area contributed by atoms with Crippen molar-refractivity contribution in [2.75, 3.05) is 40.9 Å². The Balaban J connectivity index is 4.26. The highest BCUT2D eigenvalue weighted by atomic mass is 31.2. The first-order valence-corrected chi connectivity index (χ1v) is 31.6. The number of unbranched alkanes of at least 4 members (excludes halogenated alkanes) is 34. The minimum atomic E-state index is -4.61. The van der Waals surface area contributed by atoms with Crippen molar-refractivity contribution in [3.63, 3.8) is 0 Å². The number of likely N-dealkylation sites (N-methyl/N-ethyl adjacent to an activating group) is 1. The van der Waals surface area contributed by atoms with Crippen molar-refractivity contribution < 1.29 is 32.9 Å². The summed E-state index contributed by atoms with van der Waals surface area (Å²) in [6, 6.07) is -0.915. The molecule has 3 atom stereocenters. The van der Waals surface area contributed by atoms with Crippen molar-refractivity contribution in [2.45, 2.75) is 289 Å². The molecule has 0 saturated carbocycles. The molecule has 0 rings (SSSR count). The first kappa shape index (κ1) is 69.2. The van der Waals surface area contributed by atoms with Crippen LogP contribution in [0.4, 0.5) is 0 Å². The van der Waals surface area contributed by atoms with Crippen LogP contribution in [0.2, 0.25) is 0 Å².